The van der Waals surface area contributed by atoms with Crippen LogP contribution in [0.4, 0.5) is 0 Å². The number of nitrogens with zero attached hydrogens (tertiary/aromatic N) is 2. The van der Waals surface area contributed by atoms with E-state index in [-0.39, 0.29) is 0 Å². The zero-order valence-corrected chi connectivity index (χ0v) is 12.9. The van der Waals surface area contributed by atoms with Gasteiger partial charge in [0.1, 0.15) is 6.04 Å². The molecule has 0 amide bonds. The van der Waals surface area contributed by atoms with Gasteiger partial charge >= 0.3 is 5.97 Å². The Labute approximate surface area is 132 Å². The number of hydrogen-bond acceptors (Lipinski definition) is 4. The van der Waals surface area contributed by atoms with E-state index in [9.17, 15) is 4.79 Å². The van der Waals surface area contributed by atoms with Crippen LogP contribution in [0.1, 0.15) is 11.3 Å². The maximum Gasteiger partial charge on any atom is 0.323 e. The second-order valence-electron chi connectivity index (χ2n) is 4.61. The zero-order chi connectivity index (χ0) is 15.4. The van der Waals surface area contributed by atoms with Crippen LogP contribution < -0.4 is 5.73 Å². The van der Waals surface area contributed by atoms with Gasteiger partial charge in [-0.25, -0.2) is 4.98 Å². The van der Waals surface area contributed by atoms with E-state index in [0.29, 0.717) is 23.0 Å². The minimum absolute atomic E-state index is 0.327. The maximum absolute atomic E-state index is 11.3. The first kappa shape index (κ1) is 15.8. The predicted octanol–water partition coefficient (Wildman–Crippen LogP) is 2.28. The largest absolute Gasteiger partial charge is 0.468 e. The van der Waals surface area contributed by atoms with Crippen LogP contribution in [-0.2, 0) is 22.5 Å². The summed E-state index contributed by atoms with van der Waals surface area (Å²) >= 11 is 12.0. The summed E-state index contributed by atoms with van der Waals surface area (Å²) in [4.78, 5) is 15.5. The predicted molar refractivity (Wildman–Crippen MR) is 81.5 cm³/mol. The highest BCUT2D eigenvalue weighted by Crippen LogP contribution is 2.21. The van der Waals surface area contributed by atoms with Gasteiger partial charge in [-0.15, -0.1) is 0 Å². The Morgan fingerprint density at radius 1 is 1.48 bits per heavy atom. The lowest BCUT2D eigenvalue weighted by Crippen LogP contribution is -2.33. The van der Waals surface area contributed by atoms with Gasteiger partial charge in [-0.2, -0.15) is 0 Å². The van der Waals surface area contributed by atoms with Crippen molar-refractivity contribution in [2.24, 2.45) is 5.73 Å². The van der Waals surface area contributed by atoms with Gasteiger partial charge in [0, 0.05) is 29.2 Å². The molecular weight excluding hydrogens is 313 g/mol. The number of imidazole rings is 1. The van der Waals surface area contributed by atoms with Crippen molar-refractivity contribution >= 4 is 29.2 Å². The standard InChI is InChI=1S/C14H15Cl2N3O2/c1-21-14(20)13(17)5-11-7-19(8-18-11)6-9-2-3-10(15)4-12(9)16/h2-4,7-8,13H,5-6,17H2,1H3/t13-/m0/s1. The SMILES string of the molecule is COC(=O)[C@@H](N)Cc1cn(Cc2ccc(Cl)cc2Cl)cn1. The molecule has 7 heteroatoms. The first-order chi connectivity index (χ1) is 9.99. The molecule has 21 heavy (non-hydrogen) atoms. The lowest BCUT2D eigenvalue weighted by Gasteiger charge is -2.07. The van der Waals surface area contributed by atoms with E-state index in [2.05, 4.69) is 9.72 Å². The van der Waals surface area contributed by atoms with E-state index in [0.717, 1.165) is 11.3 Å². The summed E-state index contributed by atoms with van der Waals surface area (Å²) in [6.07, 6.45) is 3.83. The van der Waals surface area contributed by atoms with Crippen molar-refractivity contribution in [1.29, 1.82) is 0 Å². The van der Waals surface area contributed by atoms with Crippen LogP contribution in [0.25, 0.3) is 0 Å². The van der Waals surface area contributed by atoms with Crippen LogP contribution >= 0.6 is 23.2 Å². The number of hydrogen-bond donors (Lipinski definition) is 1. The smallest absolute Gasteiger partial charge is 0.323 e. The molecule has 0 aliphatic carbocycles. The molecule has 0 saturated carbocycles. The van der Waals surface area contributed by atoms with Crippen molar-refractivity contribution in [1.82, 2.24) is 9.55 Å². The number of methoxy groups -OCH3 is 1. The van der Waals surface area contributed by atoms with E-state index in [4.69, 9.17) is 28.9 Å². The zero-order valence-electron chi connectivity index (χ0n) is 11.4. The van der Waals surface area contributed by atoms with Crippen molar-refractivity contribution in [2.45, 2.75) is 19.0 Å². The summed E-state index contributed by atoms with van der Waals surface area (Å²) in [5.74, 6) is -0.453. The molecule has 0 unspecified atom stereocenters. The number of carbonyl (C=O) groups is 1. The molecule has 0 bridgehead atoms. The van der Waals surface area contributed by atoms with Crippen LogP contribution in [0.5, 0.6) is 0 Å². The Bertz CT molecular complexity index is 643. The molecule has 1 atom stereocenters. The Morgan fingerprint density at radius 3 is 2.90 bits per heavy atom. The second kappa shape index (κ2) is 6.93. The highest BCUT2D eigenvalue weighted by atomic mass is 35.5. The van der Waals surface area contributed by atoms with Gasteiger partial charge < -0.3 is 15.0 Å². The molecule has 2 N–H and O–H groups in total. The quantitative estimate of drug-likeness (QED) is 0.855. The van der Waals surface area contributed by atoms with Crippen molar-refractivity contribution < 1.29 is 9.53 Å². The topological polar surface area (TPSA) is 70.1 Å². The third-order valence-corrected chi connectivity index (χ3v) is 3.57. The lowest BCUT2D eigenvalue weighted by molar-refractivity contribution is -0.142. The lowest BCUT2D eigenvalue weighted by atomic mass is 10.2. The third-order valence-electron chi connectivity index (χ3n) is 2.99. The second-order valence-corrected chi connectivity index (χ2v) is 5.45. The van der Waals surface area contributed by atoms with Crippen LogP contribution in [0.2, 0.25) is 10.0 Å². The molecule has 5 nitrogen and oxygen atoms in total. The van der Waals surface area contributed by atoms with Crippen molar-refractivity contribution in [3.05, 3.63) is 52.0 Å². The molecule has 0 radical (unpaired) electrons. The van der Waals surface area contributed by atoms with E-state index in [1.54, 1.807) is 18.5 Å². The number of nitrogens with two attached hydrogens (primary N) is 1. The fourth-order valence-corrected chi connectivity index (χ4v) is 2.37. The van der Waals surface area contributed by atoms with E-state index in [1.165, 1.54) is 7.11 Å². The number of carbonyl (C=O) groups excluding carboxylic acids is 1. The summed E-state index contributed by atoms with van der Waals surface area (Å²) in [6.45, 7) is 0.566. The van der Waals surface area contributed by atoms with Gasteiger partial charge in [-0.3, -0.25) is 4.79 Å². The highest BCUT2D eigenvalue weighted by Gasteiger charge is 2.15. The van der Waals surface area contributed by atoms with Gasteiger partial charge in [0.05, 0.1) is 19.1 Å². The molecule has 0 fully saturated rings. The Morgan fingerprint density at radius 2 is 2.24 bits per heavy atom. The minimum Gasteiger partial charge on any atom is -0.468 e. The van der Waals surface area contributed by atoms with Crippen LogP contribution in [0.3, 0.4) is 0 Å². The molecule has 2 aromatic rings. The average molecular weight is 328 g/mol. The first-order valence-electron chi connectivity index (χ1n) is 6.27. The minimum atomic E-state index is -0.711. The number of benzene rings is 1. The van der Waals surface area contributed by atoms with E-state index < -0.39 is 12.0 Å². The van der Waals surface area contributed by atoms with Crippen LogP contribution in [-0.4, -0.2) is 28.7 Å². The van der Waals surface area contributed by atoms with Gasteiger partial charge in [-0.1, -0.05) is 29.3 Å². The molecule has 1 aromatic heterocycles. The third kappa shape index (κ3) is 4.20. The Balaban J connectivity index is 2.04. The van der Waals surface area contributed by atoms with Gasteiger partial charge in [0.2, 0.25) is 0 Å². The highest BCUT2D eigenvalue weighted by molar-refractivity contribution is 6.35. The number of ether oxygens (including phenoxy) is 1. The van der Waals surface area contributed by atoms with Crippen molar-refractivity contribution in [3.63, 3.8) is 0 Å². The number of esters is 1. The molecule has 1 heterocycles. The molecule has 112 valence electrons. The number of halogens is 2. The number of aromatic nitrogens is 2. The summed E-state index contributed by atoms with van der Waals surface area (Å²) in [5, 5.41) is 1.20. The van der Waals surface area contributed by atoms with Crippen LogP contribution in [0.15, 0.2) is 30.7 Å². The number of rotatable bonds is 5. The summed E-state index contributed by atoms with van der Waals surface area (Å²) in [5.41, 5.74) is 7.36. The first-order valence-corrected chi connectivity index (χ1v) is 7.03. The monoisotopic (exact) mass is 327 g/mol. The molecular formula is C14H15Cl2N3O2. The maximum atomic E-state index is 11.3. The van der Waals surface area contributed by atoms with E-state index in [1.807, 2.05) is 16.8 Å². The van der Waals surface area contributed by atoms with Crippen molar-refractivity contribution in [2.75, 3.05) is 7.11 Å². The van der Waals surface area contributed by atoms with Gasteiger partial charge in [0.15, 0.2) is 0 Å². The van der Waals surface area contributed by atoms with Gasteiger partial charge in [0.25, 0.3) is 0 Å². The Hall–Kier alpha value is -1.56. The molecule has 1 aromatic carbocycles. The molecule has 0 saturated heterocycles. The summed E-state index contributed by atoms with van der Waals surface area (Å²) in [6, 6.07) is 4.64. The summed E-state index contributed by atoms with van der Waals surface area (Å²) < 4.78 is 6.45. The van der Waals surface area contributed by atoms with Crippen LogP contribution in [0, 0.1) is 0 Å². The van der Waals surface area contributed by atoms with E-state index >= 15 is 0 Å². The molecule has 2 rings (SSSR count). The average Bonchev–Trinajstić information content (AvgIpc) is 2.88. The Kier molecular flexibility index (Phi) is 5.22. The molecule has 0 spiro atoms. The summed E-state index contributed by atoms with van der Waals surface area (Å²) in [7, 11) is 1.31. The molecule has 0 aliphatic heterocycles. The fraction of sp³-hybridized carbons (Fsp3) is 0.286. The van der Waals surface area contributed by atoms with Crippen molar-refractivity contribution in [3.8, 4) is 0 Å². The fourth-order valence-electron chi connectivity index (χ4n) is 1.90. The molecule has 0 aliphatic rings. The normalized spacial score (nSPS) is 12.2. The van der Waals surface area contributed by atoms with Gasteiger partial charge in [-0.05, 0) is 17.7 Å².